The molecule has 0 aliphatic carbocycles. The van der Waals surface area contributed by atoms with Gasteiger partial charge in [0.25, 0.3) is 11.6 Å². The number of carbonyl (C=O) groups is 2. The molecule has 1 fully saturated rings. The summed E-state index contributed by atoms with van der Waals surface area (Å²) in [5.74, 6) is -0.751. The molecule has 0 saturated carbocycles. The molecule has 3 amide bonds. The summed E-state index contributed by atoms with van der Waals surface area (Å²) in [6, 6.07) is 11.1. The Labute approximate surface area is 160 Å². The molecule has 8 nitrogen and oxygen atoms in total. The van der Waals surface area contributed by atoms with Gasteiger partial charge >= 0.3 is 6.03 Å². The van der Waals surface area contributed by atoms with Gasteiger partial charge in [-0.05, 0) is 36.8 Å². The van der Waals surface area contributed by atoms with E-state index < -0.39 is 22.4 Å². The number of rotatable bonds is 6. The van der Waals surface area contributed by atoms with Gasteiger partial charge in [-0.2, -0.15) is 0 Å². The Bertz CT molecular complexity index is 917. The topological polar surface area (TPSA) is 97.0 Å². The minimum atomic E-state index is -1.29. The number of carbonyl (C=O) groups excluding carboxylic acids is 2. The maximum atomic E-state index is 13.0. The molecule has 1 aliphatic heterocycles. The summed E-state index contributed by atoms with van der Waals surface area (Å²) in [6.07, 6.45) is 0. The molecule has 2 N–H and O–H groups in total. The molecule has 28 heavy (non-hydrogen) atoms. The second-order valence-corrected chi connectivity index (χ2v) is 7.01. The molecule has 146 valence electrons. The van der Waals surface area contributed by atoms with Crippen molar-refractivity contribution in [2.24, 2.45) is 0 Å². The van der Waals surface area contributed by atoms with E-state index in [1.807, 2.05) is 7.05 Å². The fraction of sp³-hybridized carbons (Fsp3) is 0.263. The number of non-ortho nitro benzene ring substituents is 1. The van der Waals surface area contributed by atoms with E-state index in [1.165, 1.54) is 36.4 Å². The predicted molar refractivity (Wildman–Crippen MR) is 97.7 cm³/mol. The molecule has 0 aromatic heterocycles. The fourth-order valence-corrected chi connectivity index (χ4v) is 3.23. The van der Waals surface area contributed by atoms with Crippen LogP contribution in [-0.4, -0.2) is 35.5 Å². The Morgan fingerprint density at radius 1 is 1.14 bits per heavy atom. The van der Waals surface area contributed by atoms with E-state index in [1.54, 1.807) is 19.1 Å². The number of amides is 3. The van der Waals surface area contributed by atoms with Gasteiger partial charge in [0.2, 0.25) is 0 Å². The number of urea groups is 1. The van der Waals surface area contributed by atoms with Crippen molar-refractivity contribution >= 4 is 17.6 Å². The van der Waals surface area contributed by atoms with Crippen LogP contribution < -0.4 is 10.2 Å². The van der Waals surface area contributed by atoms with Crippen molar-refractivity contribution in [1.29, 1.82) is 0 Å². The molecule has 0 radical (unpaired) electrons. The first-order valence-electron chi connectivity index (χ1n) is 8.65. The van der Waals surface area contributed by atoms with Crippen LogP contribution in [0.1, 0.15) is 18.1 Å². The molecule has 1 saturated heterocycles. The minimum absolute atomic E-state index is 0.0931. The van der Waals surface area contributed by atoms with E-state index in [2.05, 4.69) is 5.32 Å². The Morgan fingerprint density at radius 3 is 2.32 bits per heavy atom. The van der Waals surface area contributed by atoms with Crippen LogP contribution in [0.15, 0.2) is 48.5 Å². The van der Waals surface area contributed by atoms with Gasteiger partial charge in [-0.15, -0.1) is 0 Å². The first kappa shape index (κ1) is 19.4. The van der Waals surface area contributed by atoms with Crippen molar-refractivity contribution in [3.8, 4) is 0 Å². The maximum Gasteiger partial charge on any atom is 0.329 e. The fourth-order valence-electron chi connectivity index (χ4n) is 3.23. The van der Waals surface area contributed by atoms with Gasteiger partial charge in [-0.1, -0.05) is 12.1 Å². The lowest BCUT2D eigenvalue weighted by Gasteiger charge is -2.23. The third-order valence-electron chi connectivity index (χ3n) is 4.78. The highest BCUT2D eigenvalue weighted by atomic mass is 19.1. The number of benzene rings is 2. The molecule has 2 aromatic carbocycles. The number of imide groups is 1. The number of nitro benzene ring substituents is 1. The summed E-state index contributed by atoms with van der Waals surface area (Å²) in [5.41, 5.74) is -0.0359. The number of halogens is 1. The molecule has 3 rings (SSSR count). The van der Waals surface area contributed by atoms with Crippen LogP contribution in [0.4, 0.5) is 14.9 Å². The molecular formula is C19H20FN4O4+. The van der Waals surface area contributed by atoms with Gasteiger partial charge in [0.1, 0.15) is 17.9 Å². The first-order chi connectivity index (χ1) is 13.2. The Morgan fingerprint density at radius 2 is 1.75 bits per heavy atom. The third kappa shape index (κ3) is 3.70. The first-order valence-corrected chi connectivity index (χ1v) is 8.65. The van der Waals surface area contributed by atoms with E-state index in [-0.39, 0.29) is 18.2 Å². The van der Waals surface area contributed by atoms with E-state index >= 15 is 0 Å². The van der Waals surface area contributed by atoms with E-state index in [0.717, 1.165) is 15.4 Å². The largest absolute Gasteiger partial charge is 0.329 e. The number of nitro groups is 1. The second-order valence-electron chi connectivity index (χ2n) is 7.01. The Hall–Kier alpha value is -3.33. The number of quaternary nitrogens is 1. The van der Waals surface area contributed by atoms with Crippen molar-refractivity contribution < 1.29 is 23.8 Å². The van der Waals surface area contributed by atoms with Crippen LogP contribution in [0.25, 0.3) is 0 Å². The summed E-state index contributed by atoms with van der Waals surface area (Å²) in [5, 5.41) is 13.5. The standard InChI is InChI=1S/C19H19FN4O4/c1-19(14-5-9-16(10-6-14)24(27)28)17(25)23(18(26)21-19)12-22(2)11-13-3-7-15(20)8-4-13/h3-10H,11-12H2,1-2H3,(H,21,26)/p+1/t19-/m1/s1. The van der Waals surface area contributed by atoms with Gasteiger partial charge in [0.05, 0.1) is 12.0 Å². The van der Waals surface area contributed by atoms with Gasteiger partial charge in [-0.3, -0.25) is 14.9 Å². The van der Waals surface area contributed by atoms with Gasteiger partial charge < -0.3 is 10.2 Å². The van der Waals surface area contributed by atoms with Crippen molar-refractivity contribution in [2.75, 3.05) is 13.7 Å². The van der Waals surface area contributed by atoms with Crippen molar-refractivity contribution in [2.45, 2.75) is 19.0 Å². The minimum Gasteiger partial charge on any atom is -0.319 e. The van der Waals surface area contributed by atoms with Crippen LogP contribution in [0, 0.1) is 15.9 Å². The molecule has 2 atom stereocenters. The molecule has 0 bridgehead atoms. The zero-order valence-electron chi connectivity index (χ0n) is 15.4. The summed E-state index contributed by atoms with van der Waals surface area (Å²) < 4.78 is 13.0. The van der Waals surface area contributed by atoms with E-state index in [0.29, 0.717) is 12.1 Å². The highest BCUT2D eigenvalue weighted by molar-refractivity contribution is 6.07. The highest BCUT2D eigenvalue weighted by Crippen LogP contribution is 2.29. The molecule has 2 aromatic rings. The average molecular weight is 387 g/mol. The quantitative estimate of drug-likeness (QED) is 0.442. The van der Waals surface area contributed by atoms with Gasteiger partial charge in [0, 0.05) is 17.7 Å². The molecular weight excluding hydrogens is 367 g/mol. The summed E-state index contributed by atoms with van der Waals surface area (Å²) in [6.45, 7) is 2.21. The van der Waals surface area contributed by atoms with E-state index in [4.69, 9.17) is 0 Å². The summed E-state index contributed by atoms with van der Waals surface area (Å²) in [7, 11) is 1.82. The lowest BCUT2D eigenvalue weighted by atomic mass is 9.92. The second kappa shape index (κ2) is 7.35. The smallest absolute Gasteiger partial charge is 0.319 e. The number of nitrogens with one attached hydrogen (secondary N) is 2. The van der Waals surface area contributed by atoms with Gasteiger partial charge in [0.15, 0.2) is 6.67 Å². The van der Waals surface area contributed by atoms with Crippen LogP contribution in [-0.2, 0) is 16.9 Å². The Kier molecular flexibility index (Phi) is 5.10. The van der Waals surface area contributed by atoms with Crippen LogP contribution in [0.2, 0.25) is 0 Å². The summed E-state index contributed by atoms with van der Waals surface area (Å²) in [4.78, 5) is 37.6. The van der Waals surface area contributed by atoms with Crippen LogP contribution in [0.5, 0.6) is 0 Å². The molecule has 1 unspecified atom stereocenters. The van der Waals surface area contributed by atoms with E-state index in [9.17, 15) is 24.1 Å². The Balaban J connectivity index is 1.73. The lowest BCUT2D eigenvalue weighted by molar-refractivity contribution is -0.901. The molecule has 0 spiro atoms. The van der Waals surface area contributed by atoms with Gasteiger partial charge in [-0.25, -0.2) is 14.1 Å². The lowest BCUT2D eigenvalue weighted by Crippen LogP contribution is -3.09. The highest BCUT2D eigenvalue weighted by Gasteiger charge is 2.50. The average Bonchev–Trinajstić information content (AvgIpc) is 2.88. The zero-order valence-corrected chi connectivity index (χ0v) is 15.4. The normalized spacial score (nSPS) is 20.2. The SMILES string of the molecule is C[NH+](Cc1ccc(F)cc1)CN1C(=O)N[C@](C)(c2ccc([N+](=O)[O-])cc2)C1=O. The number of hydrogen-bond donors (Lipinski definition) is 2. The number of hydrogen-bond acceptors (Lipinski definition) is 4. The van der Waals surface area contributed by atoms with Crippen LogP contribution in [0.3, 0.4) is 0 Å². The monoisotopic (exact) mass is 387 g/mol. The van der Waals surface area contributed by atoms with Crippen molar-refractivity contribution in [3.63, 3.8) is 0 Å². The number of nitrogens with zero attached hydrogens (tertiary/aromatic N) is 2. The third-order valence-corrected chi connectivity index (χ3v) is 4.78. The summed E-state index contributed by atoms with van der Waals surface area (Å²) >= 11 is 0. The zero-order chi connectivity index (χ0) is 20.5. The molecule has 1 heterocycles. The predicted octanol–water partition coefficient (Wildman–Crippen LogP) is 1.17. The molecule has 1 aliphatic rings. The van der Waals surface area contributed by atoms with Crippen molar-refractivity contribution in [3.05, 3.63) is 75.6 Å². The van der Waals surface area contributed by atoms with Crippen LogP contribution >= 0.6 is 0 Å². The molecule has 9 heteroatoms. The maximum absolute atomic E-state index is 13.0. The van der Waals surface area contributed by atoms with Crippen molar-refractivity contribution in [1.82, 2.24) is 10.2 Å².